The third-order valence-corrected chi connectivity index (χ3v) is 3.83. The summed E-state index contributed by atoms with van der Waals surface area (Å²) in [4.78, 5) is 22.7. The predicted octanol–water partition coefficient (Wildman–Crippen LogP) is 1.68. The summed E-state index contributed by atoms with van der Waals surface area (Å²) >= 11 is 0. The van der Waals surface area contributed by atoms with E-state index >= 15 is 0 Å². The Morgan fingerprint density at radius 3 is 2.52 bits per heavy atom. The van der Waals surface area contributed by atoms with Crippen LogP contribution >= 0.6 is 0 Å². The maximum absolute atomic E-state index is 12.2. The second-order valence-corrected chi connectivity index (χ2v) is 6.66. The van der Waals surface area contributed by atoms with Crippen molar-refractivity contribution in [3.05, 3.63) is 21.5 Å². The Kier molecular flexibility index (Phi) is 6.26. The van der Waals surface area contributed by atoms with Crippen LogP contribution in [0.3, 0.4) is 0 Å². The molecule has 1 amide bonds. The van der Waals surface area contributed by atoms with Crippen LogP contribution in [0.2, 0.25) is 0 Å². The molecule has 1 atom stereocenters. The van der Waals surface area contributed by atoms with Gasteiger partial charge in [-0.05, 0) is 33.1 Å². The van der Waals surface area contributed by atoms with Crippen molar-refractivity contribution < 1.29 is 9.72 Å². The van der Waals surface area contributed by atoms with Gasteiger partial charge in [0.2, 0.25) is 5.91 Å². The first-order valence-electron chi connectivity index (χ1n) is 7.79. The van der Waals surface area contributed by atoms with Crippen molar-refractivity contribution in [1.29, 1.82) is 0 Å². The minimum atomic E-state index is -0.442. The van der Waals surface area contributed by atoms with Gasteiger partial charge in [-0.25, -0.2) is 0 Å². The molecule has 130 valence electrons. The number of hydrogen-bond donors (Lipinski definition) is 2. The maximum Gasteiger partial charge on any atom is 0.312 e. The SMILES string of the molecule is Cc1nn(CCC(=O)NC(C)(CN)CC(C)C)c(C)c1[N+](=O)[O-]. The van der Waals surface area contributed by atoms with Gasteiger partial charge in [-0.1, -0.05) is 13.8 Å². The quantitative estimate of drug-likeness (QED) is 0.557. The van der Waals surface area contributed by atoms with Crippen molar-refractivity contribution in [3.63, 3.8) is 0 Å². The fourth-order valence-electron chi connectivity index (χ4n) is 2.86. The normalized spacial score (nSPS) is 13.9. The molecular weight excluding hydrogens is 298 g/mol. The van der Waals surface area contributed by atoms with Crippen LogP contribution in [-0.4, -0.2) is 32.7 Å². The van der Waals surface area contributed by atoms with Crippen LogP contribution in [-0.2, 0) is 11.3 Å². The van der Waals surface area contributed by atoms with Crippen LogP contribution in [0.15, 0.2) is 0 Å². The molecule has 1 aromatic rings. The summed E-state index contributed by atoms with van der Waals surface area (Å²) in [7, 11) is 0. The average Bonchev–Trinajstić information content (AvgIpc) is 2.70. The average molecular weight is 325 g/mol. The van der Waals surface area contributed by atoms with Crippen molar-refractivity contribution in [2.45, 2.75) is 59.5 Å². The third-order valence-electron chi connectivity index (χ3n) is 3.83. The number of aromatic nitrogens is 2. The van der Waals surface area contributed by atoms with E-state index in [0.29, 0.717) is 30.4 Å². The van der Waals surface area contributed by atoms with Crippen molar-refractivity contribution in [1.82, 2.24) is 15.1 Å². The van der Waals surface area contributed by atoms with Crippen LogP contribution in [0, 0.1) is 29.9 Å². The number of nitrogens with zero attached hydrogens (tertiary/aromatic N) is 3. The van der Waals surface area contributed by atoms with Gasteiger partial charge in [0.25, 0.3) is 0 Å². The molecule has 0 saturated carbocycles. The number of nitro groups is 1. The second kappa shape index (κ2) is 7.54. The highest BCUT2D eigenvalue weighted by Gasteiger charge is 2.26. The van der Waals surface area contributed by atoms with Crippen LogP contribution in [0.5, 0.6) is 0 Å². The summed E-state index contributed by atoms with van der Waals surface area (Å²) < 4.78 is 1.51. The highest BCUT2D eigenvalue weighted by Crippen LogP contribution is 2.22. The molecule has 0 aliphatic heterocycles. The molecule has 0 aromatic carbocycles. The standard InChI is InChI=1S/C15H27N5O3/c1-10(2)8-15(5,9-16)17-13(21)6-7-19-12(4)14(20(22)23)11(3)18-19/h10H,6-9,16H2,1-5H3,(H,17,21). The van der Waals surface area contributed by atoms with Crippen LogP contribution < -0.4 is 11.1 Å². The summed E-state index contributed by atoms with van der Waals surface area (Å²) in [5, 5.41) is 18.1. The number of amides is 1. The Morgan fingerprint density at radius 2 is 2.09 bits per heavy atom. The van der Waals surface area contributed by atoms with Crippen molar-refractivity contribution >= 4 is 11.6 Å². The lowest BCUT2D eigenvalue weighted by molar-refractivity contribution is -0.386. The zero-order valence-electron chi connectivity index (χ0n) is 14.5. The number of carbonyl (C=O) groups is 1. The highest BCUT2D eigenvalue weighted by molar-refractivity contribution is 5.76. The molecule has 1 unspecified atom stereocenters. The van der Waals surface area contributed by atoms with E-state index in [4.69, 9.17) is 5.73 Å². The van der Waals surface area contributed by atoms with Crippen LogP contribution in [0.1, 0.15) is 45.0 Å². The zero-order chi connectivity index (χ0) is 17.8. The van der Waals surface area contributed by atoms with Gasteiger partial charge in [0, 0.05) is 18.5 Å². The van der Waals surface area contributed by atoms with E-state index in [0.717, 1.165) is 6.42 Å². The first-order valence-corrected chi connectivity index (χ1v) is 7.79. The Bertz CT molecular complexity index is 582. The molecule has 0 bridgehead atoms. The van der Waals surface area contributed by atoms with E-state index in [1.165, 1.54) is 4.68 Å². The van der Waals surface area contributed by atoms with Crippen LogP contribution in [0.4, 0.5) is 5.69 Å². The van der Waals surface area contributed by atoms with E-state index in [1.54, 1.807) is 13.8 Å². The van der Waals surface area contributed by atoms with Crippen molar-refractivity contribution in [3.8, 4) is 0 Å². The fraction of sp³-hybridized carbons (Fsp3) is 0.733. The number of carbonyl (C=O) groups excluding carboxylic acids is 1. The minimum Gasteiger partial charge on any atom is -0.350 e. The van der Waals surface area contributed by atoms with Crippen molar-refractivity contribution in [2.75, 3.05) is 6.54 Å². The minimum absolute atomic E-state index is 0.0111. The summed E-state index contributed by atoms with van der Waals surface area (Å²) in [5.41, 5.74) is 6.18. The molecule has 8 heteroatoms. The molecule has 1 rings (SSSR count). The summed E-state index contributed by atoms with van der Waals surface area (Å²) in [5.74, 6) is 0.288. The highest BCUT2D eigenvalue weighted by atomic mass is 16.6. The number of hydrogen-bond acceptors (Lipinski definition) is 5. The molecule has 8 nitrogen and oxygen atoms in total. The van der Waals surface area contributed by atoms with Gasteiger partial charge in [0.05, 0.1) is 11.5 Å². The first kappa shape index (κ1) is 19.1. The number of nitrogens with two attached hydrogens (primary N) is 1. The largest absolute Gasteiger partial charge is 0.350 e. The monoisotopic (exact) mass is 325 g/mol. The topological polar surface area (TPSA) is 116 Å². The van der Waals surface area contributed by atoms with E-state index in [9.17, 15) is 14.9 Å². The summed E-state index contributed by atoms with van der Waals surface area (Å²) in [6.45, 7) is 9.98. The molecule has 3 N–H and O–H groups in total. The fourth-order valence-corrected chi connectivity index (χ4v) is 2.86. The lowest BCUT2D eigenvalue weighted by Crippen LogP contribution is -2.52. The van der Waals surface area contributed by atoms with E-state index in [1.807, 2.05) is 6.92 Å². The molecule has 0 aliphatic carbocycles. The van der Waals surface area contributed by atoms with E-state index in [-0.39, 0.29) is 18.0 Å². The molecule has 0 saturated heterocycles. The first-order chi connectivity index (χ1) is 10.6. The summed E-state index contributed by atoms with van der Waals surface area (Å²) in [6, 6.07) is 0. The van der Waals surface area contributed by atoms with Crippen LogP contribution in [0.25, 0.3) is 0 Å². The number of aryl methyl sites for hydroxylation is 2. The molecule has 1 heterocycles. The van der Waals surface area contributed by atoms with E-state index < -0.39 is 10.5 Å². The molecule has 0 spiro atoms. The molecule has 0 fully saturated rings. The lowest BCUT2D eigenvalue weighted by atomic mass is 9.90. The number of nitrogens with one attached hydrogen (secondary N) is 1. The van der Waals surface area contributed by atoms with Gasteiger partial charge in [0.15, 0.2) is 0 Å². The molecule has 0 aliphatic rings. The van der Waals surface area contributed by atoms with E-state index in [2.05, 4.69) is 24.3 Å². The van der Waals surface area contributed by atoms with Gasteiger partial charge in [-0.15, -0.1) is 0 Å². The second-order valence-electron chi connectivity index (χ2n) is 6.66. The van der Waals surface area contributed by atoms with Gasteiger partial charge in [-0.3, -0.25) is 19.6 Å². The smallest absolute Gasteiger partial charge is 0.312 e. The van der Waals surface area contributed by atoms with Gasteiger partial charge in [-0.2, -0.15) is 5.10 Å². The van der Waals surface area contributed by atoms with Gasteiger partial charge in [0.1, 0.15) is 11.4 Å². The van der Waals surface area contributed by atoms with Gasteiger partial charge < -0.3 is 11.1 Å². The van der Waals surface area contributed by atoms with Crippen molar-refractivity contribution in [2.24, 2.45) is 11.7 Å². The maximum atomic E-state index is 12.2. The molecule has 23 heavy (non-hydrogen) atoms. The Hall–Kier alpha value is -1.96. The Balaban J connectivity index is 2.70. The summed E-state index contributed by atoms with van der Waals surface area (Å²) in [6.07, 6.45) is 0.993. The number of rotatable bonds is 8. The molecule has 0 radical (unpaired) electrons. The Labute approximate surface area is 136 Å². The molecular formula is C15H27N5O3. The molecule has 1 aromatic heterocycles. The zero-order valence-corrected chi connectivity index (χ0v) is 14.5. The lowest BCUT2D eigenvalue weighted by Gasteiger charge is -2.31. The predicted molar refractivity (Wildman–Crippen MR) is 88.0 cm³/mol. The Morgan fingerprint density at radius 1 is 1.48 bits per heavy atom. The third kappa shape index (κ3) is 5.02. The van der Waals surface area contributed by atoms with Gasteiger partial charge >= 0.3 is 5.69 Å².